The van der Waals surface area contributed by atoms with Gasteiger partial charge >= 0.3 is 0 Å². The summed E-state index contributed by atoms with van der Waals surface area (Å²) in [7, 11) is 0. The standard InChI is InChI=1S/C15H30N2O/c1-11-5-6-12(2)17(9-11)15(10-16)7-13(3)18-14(4)8-15/h11-14H,5-10,16H2,1-4H3. The molecule has 2 N–H and O–H groups in total. The molecule has 4 unspecified atom stereocenters. The number of piperidine rings is 1. The molecule has 4 atom stereocenters. The van der Waals surface area contributed by atoms with Gasteiger partial charge in [-0.3, -0.25) is 4.90 Å². The lowest BCUT2D eigenvalue weighted by Gasteiger charge is -2.54. The average molecular weight is 254 g/mol. The van der Waals surface area contributed by atoms with Crippen LogP contribution in [0.25, 0.3) is 0 Å². The first-order chi connectivity index (χ1) is 8.47. The van der Waals surface area contributed by atoms with Crippen molar-refractivity contribution in [3.63, 3.8) is 0 Å². The largest absolute Gasteiger partial charge is 0.375 e. The first-order valence-electron chi connectivity index (χ1n) is 7.59. The van der Waals surface area contributed by atoms with Crippen LogP contribution in [-0.2, 0) is 4.74 Å². The Bertz CT molecular complexity index is 272. The second-order valence-electron chi connectivity index (χ2n) is 6.78. The third-order valence-electron chi connectivity index (χ3n) is 4.91. The summed E-state index contributed by atoms with van der Waals surface area (Å²) in [5.74, 6) is 0.804. The summed E-state index contributed by atoms with van der Waals surface area (Å²) in [5.41, 5.74) is 6.38. The van der Waals surface area contributed by atoms with Gasteiger partial charge in [0.2, 0.25) is 0 Å². The normalized spacial score (nSPS) is 47.2. The number of likely N-dealkylation sites (tertiary alicyclic amines) is 1. The van der Waals surface area contributed by atoms with Gasteiger partial charge in [-0.05, 0) is 52.4 Å². The molecular formula is C15H30N2O. The van der Waals surface area contributed by atoms with E-state index in [1.165, 1.54) is 19.4 Å². The van der Waals surface area contributed by atoms with E-state index in [0.717, 1.165) is 25.3 Å². The molecule has 106 valence electrons. The van der Waals surface area contributed by atoms with Crippen LogP contribution in [0.1, 0.15) is 53.4 Å². The van der Waals surface area contributed by atoms with Crippen LogP contribution >= 0.6 is 0 Å². The van der Waals surface area contributed by atoms with Crippen molar-refractivity contribution in [2.45, 2.75) is 77.2 Å². The zero-order valence-electron chi connectivity index (χ0n) is 12.5. The van der Waals surface area contributed by atoms with Crippen molar-refractivity contribution in [1.82, 2.24) is 4.90 Å². The number of nitrogens with zero attached hydrogens (tertiary/aromatic N) is 1. The molecule has 2 saturated heterocycles. The molecule has 2 fully saturated rings. The molecule has 0 aromatic carbocycles. The quantitative estimate of drug-likeness (QED) is 0.822. The highest BCUT2D eigenvalue weighted by Gasteiger charge is 2.45. The Labute approximate surface area is 112 Å². The van der Waals surface area contributed by atoms with Crippen LogP contribution in [0, 0.1) is 5.92 Å². The summed E-state index contributed by atoms with van der Waals surface area (Å²) in [6, 6.07) is 0.669. The summed E-state index contributed by atoms with van der Waals surface area (Å²) in [6.07, 6.45) is 5.52. The van der Waals surface area contributed by atoms with E-state index >= 15 is 0 Å². The van der Waals surface area contributed by atoms with Gasteiger partial charge in [-0.2, -0.15) is 0 Å². The van der Waals surface area contributed by atoms with Crippen LogP contribution in [0.3, 0.4) is 0 Å². The Kier molecular flexibility index (Phi) is 4.35. The molecule has 0 saturated carbocycles. The lowest BCUT2D eigenvalue weighted by atomic mass is 9.79. The summed E-state index contributed by atoms with van der Waals surface area (Å²) >= 11 is 0. The molecule has 2 rings (SSSR count). The molecule has 0 aliphatic carbocycles. The molecule has 0 bridgehead atoms. The summed E-state index contributed by atoms with van der Waals surface area (Å²) in [4.78, 5) is 2.71. The van der Waals surface area contributed by atoms with Gasteiger partial charge in [-0.15, -0.1) is 0 Å². The van der Waals surface area contributed by atoms with Gasteiger partial charge in [0.1, 0.15) is 0 Å². The van der Waals surface area contributed by atoms with Gasteiger partial charge in [-0.1, -0.05) is 6.92 Å². The summed E-state index contributed by atoms with van der Waals surface area (Å²) in [5, 5.41) is 0. The molecule has 0 radical (unpaired) electrons. The van der Waals surface area contributed by atoms with E-state index in [4.69, 9.17) is 10.5 Å². The highest BCUT2D eigenvalue weighted by Crippen LogP contribution is 2.38. The molecule has 0 aromatic rings. The predicted octanol–water partition coefficient (Wildman–Crippen LogP) is 2.39. The van der Waals surface area contributed by atoms with Crippen LogP contribution < -0.4 is 5.73 Å². The smallest absolute Gasteiger partial charge is 0.0568 e. The predicted molar refractivity (Wildman–Crippen MR) is 75.6 cm³/mol. The first-order valence-corrected chi connectivity index (χ1v) is 7.59. The fourth-order valence-electron chi connectivity index (χ4n) is 4.11. The lowest BCUT2D eigenvalue weighted by molar-refractivity contribution is -0.121. The highest BCUT2D eigenvalue weighted by atomic mass is 16.5. The van der Waals surface area contributed by atoms with Crippen LogP contribution in [0.2, 0.25) is 0 Å². The van der Waals surface area contributed by atoms with Crippen LogP contribution in [0.4, 0.5) is 0 Å². The molecule has 0 aromatic heterocycles. The van der Waals surface area contributed by atoms with E-state index in [9.17, 15) is 0 Å². The molecule has 0 amide bonds. The zero-order chi connectivity index (χ0) is 13.3. The molecule has 18 heavy (non-hydrogen) atoms. The minimum absolute atomic E-state index is 0.172. The maximum Gasteiger partial charge on any atom is 0.0568 e. The van der Waals surface area contributed by atoms with Crippen molar-refractivity contribution in [3.8, 4) is 0 Å². The number of ether oxygens (including phenoxy) is 1. The molecule has 2 aliphatic rings. The van der Waals surface area contributed by atoms with E-state index in [1.807, 2.05) is 0 Å². The van der Waals surface area contributed by atoms with Crippen molar-refractivity contribution in [1.29, 1.82) is 0 Å². The minimum atomic E-state index is 0.172. The van der Waals surface area contributed by atoms with Gasteiger partial charge in [0, 0.05) is 24.7 Å². The van der Waals surface area contributed by atoms with Gasteiger partial charge in [0.05, 0.1) is 12.2 Å². The first kappa shape index (κ1) is 14.3. The fraction of sp³-hybridized carbons (Fsp3) is 1.00. The topological polar surface area (TPSA) is 38.5 Å². The average Bonchev–Trinajstić information content (AvgIpc) is 2.31. The third kappa shape index (κ3) is 2.73. The number of hydrogen-bond donors (Lipinski definition) is 1. The fourth-order valence-corrected chi connectivity index (χ4v) is 4.11. The third-order valence-corrected chi connectivity index (χ3v) is 4.91. The van der Waals surface area contributed by atoms with Crippen molar-refractivity contribution in [2.75, 3.05) is 13.1 Å². The van der Waals surface area contributed by atoms with Crippen LogP contribution in [-0.4, -0.2) is 41.8 Å². The number of hydrogen-bond acceptors (Lipinski definition) is 3. The van der Waals surface area contributed by atoms with Gasteiger partial charge in [0.25, 0.3) is 0 Å². The van der Waals surface area contributed by atoms with Crippen molar-refractivity contribution in [3.05, 3.63) is 0 Å². The van der Waals surface area contributed by atoms with Gasteiger partial charge < -0.3 is 10.5 Å². The Hall–Kier alpha value is -0.120. The van der Waals surface area contributed by atoms with Gasteiger partial charge in [-0.25, -0.2) is 0 Å². The lowest BCUT2D eigenvalue weighted by Crippen LogP contribution is -2.64. The molecule has 3 nitrogen and oxygen atoms in total. The monoisotopic (exact) mass is 254 g/mol. The second-order valence-corrected chi connectivity index (χ2v) is 6.78. The van der Waals surface area contributed by atoms with Crippen LogP contribution in [0.5, 0.6) is 0 Å². The Balaban J connectivity index is 2.19. The van der Waals surface area contributed by atoms with E-state index < -0.39 is 0 Å². The van der Waals surface area contributed by atoms with Crippen molar-refractivity contribution < 1.29 is 4.74 Å². The van der Waals surface area contributed by atoms with Gasteiger partial charge in [0.15, 0.2) is 0 Å². The highest BCUT2D eigenvalue weighted by molar-refractivity contribution is 5.00. The molecule has 2 aliphatic heterocycles. The van der Waals surface area contributed by atoms with E-state index in [-0.39, 0.29) is 5.54 Å². The van der Waals surface area contributed by atoms with E-state index in [1.54, 1.807) is 0 Å². The maximum absolute atomic E-state index is 6.20. The van der Waals surface area contributed by atoms with E-state index in [0.29, 0.717) is 18.2 Å². The minimum Gasteiger partial charge on any atom is -0.375 e. The molecule has 0 spiro atoms. The molecule has 2 heterocycles. The molecular weight excluding hydrogens is 224 g/mol. The Morgan fingerprint density at radius 1 is 1.11 bits per heavy atom. The van der Waals surface area contributed by atoms with Crippen molar-refractivity contribution >= 4 is 0 Å². The maximum atomic E-state index is 6.20. The summed E-state index contributed by atoms with van der Waals surface area (Å²) < 4.78 is 5.91. The van der Waals surface area contributed by atoms with Crippen LogP contribution in [0.15, 0.2) is 0 Å². The summed E-state index contributed by atoms with van der Waals surface area (Å²) in [6.45, 7) is 11.1. The zero-order valence-corrected chi connectivity index (χ0v) is 12.5. The Morgan fingerprint density at radius 3 is 2.28 bits per heavy atom. The molecule has 3 heteroatoms. The van der Waals surface area contributed by atoms with E-state index in [2.05, 4.69) is 32.6 Å². The SMILES string of the molecule is CC1CCC(C)N(C2(CN)CC(C)OC(C)C2)C1. The Morgan fingerprint density at radius 2 is 1.72 bits per heavy atom. The second kappa shape index (κ2) is 5.48. The van der Waals surface area contributed by atoms with Crippen molar-refractivity contribution in [2.24, 2.45) is 11.7 Å². The number of nitrogens with two attached hydrogens (primary N) is 1. The number of rotatable bonds is 2.